The number of carbonyl (C=O) groups excluding carboxylic acids is 1. The molecule has 0 spiro atoms. The Hall–Kier alpha value is -2.25. The van der Waals surface area contributed by atoms with Crippen molar-refractivity contribution in [2.75, 3.05) is 7.11 Å². The summed E-state index contributed by atoms with van der Waals surface area (Å²) in [7, 11) is -2.93. The van der Waals surface area contributed by atoms with Gasteiger partial charge in [-0.25, -0.2) is 22.3 Å². The number of hydrogen-bond donors (Lipinski definition) is 1. The van der Waals surface area contributed by atoms with Gasteiger partial charge in [0.2, 0.25) is 10.0 Å². The third-order valence-corrected chi connectivity index (χ3v) is 6.20. The second kappa shape index (κ2) is 7.55. The summed E-state index contributed by atoms with van der Waals surface area (Å²) >= 11 is 0. The van der Waals surface area contributed by atoms with Gasteiger partial charge in [0.15, 0.2) is 0 Å². The molecular formula is C19H20FNO4S. The average Bonchev–Trinajstić information content (AvgIpc) is 3.09. The van der Waals surface area contributed by atoms with Gasteiger partial charge in [0.25, 0.3) is 0 Å². The van der Waals surface area contributed by atoms with Gasteiger partial charge >= 0.3 is 5.97 Å². The Morgan fingerprint density at radius 3 is 2.58 bits per heavy atom. The Balaban J connectivity index is 1.88. The van der Waals surface area contributed by atoms with Gasteiger partial charge < -0.3 is 4.74 Å². The van der Waals surface area contributed by atoms with Crippen LogP contribution >= 0.6 is 0 Å². The van der Waals surface area contributed by atoms with E-state index in [1.807, 2.05) is 30.3 Å². The monoisotopic (exact) mass is 377 g/mol. The maximum Gasteiger partial charge on any atom is 0.337 e. The molecule has 0 bridgehead atoms. The third-order valence-electron chi connectivity index (χ3n) is 4.69. The molecule has 0 aliphatic heterocycles. The van der Waals surface area contributed by atoms with Gasteiger partial charge in [-0.3, -0.25) is 0 Å². The van der Waals surface area contributed by atoms with Crippen molar-refractivity contribution >= 4 is 16.0 Å². The van der Waals surface area contributed by atoms with Crippen molar-refractivity contribution in [3.63, 3.8) is 0 Å². The number of benzene rings is 2. The molecule has 0 amide bonds. The second-order valence-corrected chi connectivity index (χ2v) is 8.00. The summed E-state index contributed by atoms with van der Waals surface area (Å²) in [6.45, 7) is 0. The van der Waals surface area contributed by atoms with Gasteiger partial charge in [-0.05, 0) is 36.6 Å². The first-order valence-corrected chi connectivity index (χ1v) is 9.86. The van der Waals surface area contributed by atoms with Gasteiger partial charge in [-0.15, -0.1) is 0 Å². The second-order valence-electron chi connectivity index (χ2n) is 6.31. The summed E-state index contributed by atoms with van der Waals surface area (Å²) < 4.78 is 46.8. The van der Waals surface area contributed by atoms with Crippen LogP contribution in [0.1, 0.15) is 41.1 Å². The summed E-state index contributed by atoms with van der Waals surface area (Å²) in [5.41, 5.74) is 1.04. The highest BCUT2D eigenvalue weighted by molar-refractivity contribution is 7.89. The summed E-state index contributed by atoms with van der Waals surface area (Å²) in [4.78, 5) is 11.1. The van der Waals surface area contributed by atoms with Crippen LogP contribution in [-0.2, 0) is 14.8 Å². The van der Waals surface area contributed by atoms with E-state index in [1.165, 1.54) is 13.2 Å². The van der Waals surface area contributed by atoms with Crippen molar-refractivity contribution < 1.29 is 22.3 Å². The van der Waals surface area contributed by atoms with E-state index in [2.05, 4.69) is 9.46 Å². The highest BCUT2D eigenvalue weighted by Crippen LogP contribution is 2.35. The number of carbonyl (C=O) groups is 1. The minimum absolute atomic E-state index is 0.0136. The van der Waals surface area contributed by atoms with E-state index < -0.39 is 26.7 Å². The van der Waals surface area contributed by atoms with E-state index in [1.54, 1.807) is 0 Å². The maximum atomic E-state index is 14.2. The Bertz CT molecular complexity index is 899. The van der Waals surface area contributed by atoms with E-state index in [-0.39, 0.29) is 17.5 Å². The van der Waals surface area contributed by atoms with Crippen LogP contribution in [-0.4, -0.2) is 27.5 Å². The molecule has 26 heavy (non-hydrogen) atoms. The van der Waals surface area contributed by atoms with Gasteiger partial charge in [0.05, 0.1) is 12.7 Å². The standard InChI is InChI=1S/C19H20FNO4S/c1-25-19(22)14-10-11-16(20)18(12-14)26(23,24)21-17-9-5-8-15(17)13-6-3-2-4-7-13/h2-4,6-7,10-12,15,17,21H,5,8-9H2,1H3/t15-,17-/m1/s1. The highest BCUT2D eigenvalue weighted by Gasteiger charge is 2.33. The summed E-state index contributed by atoms with van der Waals surface area (Å²) in [6.07, 6.45) is 2.43. The van der Waals surface area contributed by atoms with Crippen LogP contribution in [0.25, 0.3) is 0 Å². The van der Waals surface area contributed by atoms with Gasteiger partial charge in [0, 0.05) is 12.0 Å². The molecule has 0 heterocycles. The smallest absolute Gasteiger partial charge is 0.337 e. The lowest BCUT2D eigenvalue weighted by atomic mass is 9.95. The first-order chi connectivity index (χ1) is 12.4. The Morgan fingerprint density at radius 2 is 1.88 bits per heavy atom. The molecule has 1 N–H and O–H groups in total. The van der Waals surface area contributed by atoms with E-state index in [0.29, 0.717) is 6.42 Å². The molecule has 2 aromatic rings. The van der Waals surface area contributed by atoms with E-state index in [9.17, 15) is 17.6 Å². The molecule has 2 aromatic carbocycles. The van der Waals surface area contributed by atoms with Crippen LogP contribution in [0.4, 0.5) is 4.39 Å². The fraction of sp³-hybridized carbons (Fsp3) is 0.316. The van der Waals surface area contributed by atoms with Gasteiger partial charge in [-0.1, -0.05) is 36.8 Å². The van der Waals surface area contributed by atoms with Crippen molar-refractivity contribution in [3.05, 3.63) is 65.5 Å². The molecule has 0 unspecified atom stereocenters. The number of esters is 1. The third kappa shape index (κ3) is 3.78. The number of hydrogen-bond acceptors (Lipinski definition) is 4. The zero-order chi connectivity index (χ0) is 18.7. The Kier molecular flexibility index (Phi) is 5.38. The minimum Gasteiger partial charge on any atom is -0.465 e. The average molecular weight is 377 g/mol. The highest BCUT2D eigenvalue weighted by atomic mass is 32.2. The molecule has 0 radical (unpaired) electrons. The van der Waals surface area contributed by atoms with Crippen LogP contribution < -0.4 is 4.72 Å². The predicted molar refractivity (Wildman–Crippen MR) is 94.9 cm³/mol. The van der Waals surface area contributed by atoms with Crippen LogP contribution in [0, 0.1) is 5.82 Å². The summed E-state index contributed by atoms with van der Waals surface area (Å²) in [6, 6.07) is 12.5. The molecule has 7 heteroatoms. The van der Waals surface area contributed by atoms with Gasteiger partial charge in [0.1, 0.15) is 10.7 Å². The summed E-state index contributed by atoms with van der Waals surface area (Å²) in [5, 5.41) is 0. The van der Waals surface area contributed by atoms with Crippen LogP contribution in [0.3, 0.4) is 0 Å². The maximum absolute atomic E-state index is 14.2. The van der Waals surface area contributed by atoms with Crippen molar-refractivity contribution in [3.8, 4) is 0 Å². The molecule has 0 saturated heterocycles. The number of halogens is 1. The van der Waals surface area contributed by atoms with E-state index in [0.717, 1.165) is 30.5 Å². The zero-order valence-electron chi connectivity index (χ0n) is 14.3. The number of ether oxygens (including phenoxy) is 1. The molecule has 3 rings (SSSR count). The molecule has 1 aliphatic rings. The number of sulfonamides is 1. The molecular weight excluding hydrogens is 357 g/mol. The quantitative estimate of drug-likeness (QED) is 0.812. The van der Waals surface area contributed by atoms with Crippen LogP contribution in [0.15, 0.2) is 53.4 Å². The topological polar surface area (TPSA) is 72.5 Å². The van der Waals surface area contributed by atoms with Crippen molar-refractivity contribution in [2.45, 2.75) is 36.1 Å². The first kappa shape index (κ1) is 18.5. The SMILES string of the molecule is COC(=O)c1ccc(F)c(S(=O)(=O)N[C@@H]2CCC[C@@H]2c2ccccc2)c1. The lowest BCUT2D eigenvalue weighted by Gasteiger charge is -2.21. The lowest BCUT2D eigenvalue weighted by Crippen LogP contribution is -2.37. The molecule has 1 fully saturated rings. The van der Waals surface area contributed by atoms with Crippen molar-refractivity contribution in [1.29, 1.82) is 0 Å². The molecule has 0 aromatic heterocycles. The first-order valence-electron chi connectivity index (χ1n) is 8.37. The fourth-order valence-corrected chi connectivity index (χ4v) is 4.83. The molecule has 5 nitrogen and oxygen atoms in total. The predicted octanol–water partition coefficient (Wildman–Crippen LogP) is 3.23. The van der Waals surface area contributed by atoms with Crippen LogP contribution in [0.5, 0.6) is 0 Å². The number of methoxy groups -OCH3 is 1. The molecule has 138 valence electrons. The number of nitrogens with one attached hydrogen (secondary N) is 1. The normalized spacial score (nSPS) is 20.1. The minimum atomic E-state index is -4.11. The van der Waals surface area contributed by atoms with E-state index >= 15 is 0 Å². The van der Waals surface area contributed by atoms with Crippen molar-refractivity contribution in [2.24, 2.45) is 0 Å². The van der Waals surface area contributed by atoms with Gasteiger partial charge in [-0.2, -0.15) is 0 Å². The lowest BCUT2D eigenvalue weighted by molar-refractivity contribution is 0.0600. The zero-order valence-corrected chi connectivity index (χ0v) is 15.1. The van der Waals surface area contributed by atoms with Crippen molar-refractivity contribution in [1.82, 2.24) is 4.72 Å². The largest absolute Gasteiger partial charge is 0.465 e. The molecule has 2 atom stereocenters. The Morgan fingerprint density at radius 1 is 1.15 bits per heavy atom. The molecule has 1 aliphatic carbocycles. The Labute approximate surface area is 152 Å². The van der Waals surface area contributed by atoms with Crippen LogP contribution in [0.2, 0.25) is 0 Å². The summed E-state index contributed by atoms with van der Waals surface area (Å²) in [5.74, 6) is -1.58. The number of rotatable bonds is 5. The van der Waals surface area contributed by atoms with E-state index in [4.69, 9.17) is 0 Å². The molecule has 1 saturated carbocycles. The fourth-order valence-electron chi connectivity index (χ4n) is 3.42.